The van der Waals surface area contributed by atoms with Gasteiger partial charge in [0.1, 0.15) is 0 Å². The van der Waals surface area contributed by atoms with E-state index in [-0.39, 0.29) is 0 Å². The van der Waals surface area contributed by atoms with Crippen molar-refractivity contribution >= 4 is 24.4 Å². The van der Waals surface area contributed by atoms with Gasteiger partial charge in [0.15, 0.2) is 8.80 Å². The summed E-state index contributed by atoms with van der Waals surface area (Å²) in [6, 6.07) is 63.3. The highest BCUT2D eigenvalue weighted by atomic mass is 28.3. The summed E-state index contributed by atoms with van der Waals surface area (Å²) in [6.07, 6.45) is 0. The van der Waals surface area contributed by atoms with Crippen molar-refractivity contribution in [2.75, 3.05) is 0 Å². The molecule has 0 atom stereocenters. The zero-order valence-corrected chi connectivity index (χ0v) is 42.6. The Labute approximate surface area is 402 Å². The number of hydrogen-bond acceptors (Lipinski definition) is 0. The van der Waals surface area contributed by atoms with E-state index < -0.39 is 8.80 Å². The molecule has 0 aliphatic heterocycles. The first-order chi connectivity index (χ1) is 32.2. The summed E-state index contributed by atoms with van der Waals surface area (Å²) in [6.45, 7) is 27.3. The minimum absolute atomic E-state index is 1.27. The Balaban J connectivity index is 1.47. The van der Waals surface area contributed by atoms with Crippen molar-refractivity contribution in [3.63, 3.8) is 0 Å². The Morgan fingerprint density at radius 2 is 0.328 bits per heavy atom. The zero-order chi connectivity index (χ0) is 47.3. The molecule has 331 valence electrons. The van der Waals surface area contributed by atoms with Crippen molar-refractivity contribution in [1.29, 1.82) is 0 Å². The zero-order valence-electron chi connectivity index (χ0n) is 41.6. The van der Waals surface area contributed by atoms with Crippen LogP contribution in [0, 0.1) is 83.1 Å². The summed E-state index contributed by atoms with van der Waals surface area (Å²) >= 11 is 0. The minimum atomic E-state index is -1.80. The Bertz CT molecular complexity index is 2690. The summed E-state index contributed by atoms with van der Waals surface area (Å²) in [7, 11) is -1.80. The summed E-state index contributed by atoms with van der Waals surface area (Å²) in [4.78, 5) is 0. The molecule has 1 radical (unpaired) electrons. The lowest BCUT2D eigenvalue weighted by molar-refractivity contribution is 1.36. The van der Waals surface area contributed by atoms with E-state index in [0.29, 0.717) is 0 Å². The van der Waals surface area contributed by atoms with Crippen LogP contribution in [0.25, 0.3) is 66.8 Å². The second-order valence-electron chi connectivity index (χ2n) is 19.4. The van der Waals surface area contributed by atoms with E-state index in [1.165, 1.54) is 149 Å². The van der Waals surface area contributed by atoms with E-state index in [2.05, 4.69) is 247 Å². The van der Waals surface area contributed by atoms with Gasteiger partial charge >= 0.3 is 0 Å². The van der Waals surface area contributed by atoms with Crippen molar-refractivity contribution in [3.8, 4) is 66.8 Å². The van der Waals surface area contributed by atoms with Crippen LogP contribution >= 0.6 is 0 Å². The molecule has 0 aliphatic carbocycles. The smallest absolute Gasteiger partial charge is 0.0617 e. The van der Waals surface area contributed by atoms with Gasteiger partial charge in [-0.15, -0.1) is 0 Å². The van der Waals surface area contributed by atoms with Crippen molar-refractivity contribution in [2.45, 2.75) is 83.1 Å². The fourth-order valence-electron chi connectivity index (χ4n) is 11.3. The minimum Gasteiger partial charge on any atom is -0.0617 e. The molecule has 0 heterocycles. The van der Waals surface area contributed by atoms with Crippen molar-refractivity contribution in [3.05, 3.63) is 231 Å². The first kappa shape index (κ1) is 45.4. The highest BCUT2D eigenvalue weighted by Gasteiger charge is 2.27. The predicted molar refractivity (Wildman–Crippen MR) is 293 cm³/mol. The Kier molecular flexibility index (Phi) is 12.5. The quantitative estimate of drug-likeness (QED) is 0.100. The van der Waals surface area contributed by atoms with E-state index in [9.17, 15) is 0 Å². The van der Waals surface area contributed by atoms with Crippen LogP contribution in [-0.2, 0) is 0 Å². The summed E-state index contributed by atoms with van der Waals surface area (Å²) in [5.41, 5.74) is 31.1. The normalized spacial score (nSPS) is 11.4. The van der Waals surface area contributed by atoms with Gasteiger partial charge in [0, 0.05) is 0 Å². The molecule has 0 spiro atoms. The fraction of sp³-hybridized carbons (Fsp3) is 0.182. The Morgan fingerprint density at radius 3 is 0.463 bits per heavy atom. The average Bonchev–Trinajstić information content (AvgIpc) is 3.26. The van der Waals surface area contributed by atoms with Crippen LogP contribution in [0.15, 0.2) is 164 Å². The molecule has 0 aliphatic rings. The van der Waals surface area contributed by atoms with E-state index in [0.717, 1.165) is 0 Å². The van der Waals surface area contributed by atoms with Gasteiger partial charge in [-0.3, -0.25) is 0 Å². The number of rotatable bonds is 9. The molecular formula is C66H63Si. The van der Waals surface area contributed by atoms with Gasteiger partial charge < -0.3 is 0 Å². The number of benzene rings is 9. The van der Waals surface area contributed by atoms with Crippen molar-refractivity contribution < 1.29 is 0 Å². The lowest BCUT2D eigenvalue weighted by Crippen LogP contribution is -2.52. The second-order valence-corrected chi connectivity index (χ2v) is 21.9. The molecule has 9 aromatic carbocycles. The Hall–Kier alpha value is -6.80. The molecule has 1 heteroatoms. The highest BCUT2D eigenvalue weighted by molar-refractivity contribution is 6.95. The van der Waals surface area contributed by atoms with Crippen LogP contribution in [0.3, 0.4) is 0 Å². The molecule has 0 aromatic heterocycles. The van der Waals surface area contributed by atoms with E-state index in [1.807, 2.05) is 0 Å². The van der Waals surface area contributed by atoms with Crippen LogP contribution in [0.1, 0.15) is 66.8 Å². The van der Waals surface area contributed by atoms with Crippen molar-refractivity contribution in [1.82, 2.24) is 0 Å². The number of aryl methyl sites for hydroxylation is 12. The van der Waals surface area contributed by atoms with Gasteiger partial charge in [-0.2, -0.15) is 0 Å². The van der Waals surface area contributed by atoms with Gasteiger partial charge in [-0.25, -0.2) is 0 Å². The lowest BCUT2D eigenvalue weighted by atomic mass is 9.90. The third-order valence-electron chi connectivity index (χ3n) is 14.3. The first-order valence-electron chi connectivity index (χ1n) is 23.9. The third kappa shape index (κ3) is 8.70. The highest BCUT2D eigenvalue weighted by Crippen LogP contribution is 2.38. The maximum Gasteiger partial charge on any atom is 0.154 e. The second kappa shape index (κ2) is 18.5. The molecule has 0 bridgehead atoms. The summed E-state index contributed by atoms with van der Waals surface area (Å²) < 4.78 is 0. The van der Waals surface area contributed by atoms with Crippen LogP contribution in [0.5, 0.6) is 0 Å². The lowest BCUT2D eigenvalue weighted by Gasteiger charge is -2.25. The topological polar surface area (TPSA) is 0 Å². The molecule has 0 saturated carbocycles. The standard InChI is InChI=1S/C66H63Si/c1-40-19-13-20-41(2)61(40)52-31-53(62-42(3)21-14-22-43(62)4)35-58(34-52)67(59-36-54(63-44(5)23-15-24-45(63)6)32-55(37-59)64-46(7)25-16-26-47(64)8)60-38-56(65-48(9)27-17-28-49(65)10)33-57(39-60)66-50(11)29-18-30-51(66)12/h13-39H,1-12H3. The third-order valence-corrected chi connectivity index (χ3v) is 16.9. The van der Waals surface area contributed by atoms with E-state index in [1.54, 1.807) is 0 Å². The molecular weight excluding hydrogens is 821 g/mol. The molecule has 0 unspecified atom stereocenters. The predicted octanol–water partition coefficient (Wildman–Crippen LogP) is 15.9. The molecule has 0 fully saturated rings. The monoisotopic (exact) mass is 883 g/mol. The fourth-order valence-corrected chi connectivity index (χ4v) is 14.1. The van der Waals surface area contributed by atoms with E-state index >= 15 is 0 Å². The molecule has 0 nitrogen and oxygen atoms in total. The van der Waals surface area contributed by atoms with Crippen LogP contribution in [0.4, 0.5) is 0 Å². The summed E-state index contributed by atoms with van der Waals surface area (Å²) in [5.74, 6) is 0. The maximum absolute atomic E-state index is 2.56. The van der Waals surface area contributed by atoms with Crippen LogP contribution < -0.4 is 15.6 Å². The van der Waals surface area contributed by atoms with Crippen LogP contribution in [0.2, 0.25) is 0 Å². The average molecular weight is 884 g/mol. The van der Waals surface area contributed by atoms with Crippen molar-refractivity contribution in [2.24, 2.45) is 0 Å². The SMILES string of the molecule is Cc1cccc(C)c1-c1cc(-c2c(C)cccc2C)cc([Si](c2cc(-c3c(C)cccc3C)cc(-c3c(C)cccc3C)c2)c2cc(-c3c(C)cccc3C)cc(-c3c(C)cccc3C)c2)c1. The van der Waals surface area contributed by atoms with Gasteiger partial charge in [0.25, 0.3) is 0 Å². The van der Waals surface area contributed by atoms with E-state index in [4.69, 9.17) is 0 Å². The van der Waals surface area contributed by atoms with Crippen LogP contribution in [-0.4, -0.2) is 8.80 Å². The molecule has 0 saturated heterocycles. The van der Waals surface area contributed by atoms with Gasteiger partial charge in [-0.1, -0.05) is 146 Å². The molecule has 9 aromatic rings. The Morgan fingerprint density at radius 1 is 0.194 bits per heavy atom. The van der Waals surface area contributed by atoms with Gasteiger partial charge in [0.2, 0.25) is 0 Å². The molecule has 67 heavy (non-hydrogen) atoms. The molecule has 0 N–H and O–H groups in total. The molecule has 0 amide bonds. The van der Waals surface area contributed by atoms with Gasteiger partial charge in [-0.05, 0) is 250 Å². The number of hydrogen-bond donors (Lipinski definition) is 0. The van der Waals surface area contributed by atoms with Gasteiger partial charge in [0.05, 0.1) is 0 Å². The first-order valence-corrected chi connectivity index (χ1v) is 25.4. The largest absolute Gasteiger partial charge is 0.154 e. The molecule has 9 rings (SSSR count). The maximum atomic E-state index is 2.56. The summed E-state index contributed by atoms with van der Waals surface area (Å²) in [5, 5.41) is 4.13.